The first-order valence-corrected chi connectivity index (χ1v) is 8.85. The summed E-state index contributed by atoms with van der Waals surface area (Å²) in [6.07, 6.45) is 0. The molecule has 1 saturated heterocycles. The number of nitrogens with zero attached hydrogens (tertiary/aromatic N) is 3. The van der Waals surface area contributed by atoms with E-state index in [0.29, 0.717) is 46.5 Å². The third kappa shape index (κ3) is 3.52. The molecule has 0 bridgehead atoms. The Labute approximate surface area is 124 Å². The third-order valence-electron chi connectivity index (χ3n) is 2.74. The molecule has 1 aromatic heterocycles. The van der Waals surface area contributed by atoms with Crippen LogP contribution in [0.5, 0.6) is 5.75 Å². The molecule has 0 amide bonds. The van der Waals surface area contributed by atoms with Crippen LogP contribution in [-0.4, -0.2) is 51.6 Å². The first-order valence-electron chi connectivity index (χ1n) is 6.00. The quantitative estimate of drug-likeness (QED) is 0.479. The largest absolute Gasteiger partial charge is 0.490 e. The highest BCUT2D eigenvalue weighted by Gasteiger charge is 2.23. The van der Waals surface area contributed by atoms with Gasteiger partial charge in [0.05, 0.1) is 7.11 Å². The number of halogens is 1. The van der Waals surface area contributed by atoms with Crippen LogP contribution in [0.3, 0.4) is 0 Å². The Morgan fingerprint density at radius 3 is 2.68 bits per heavy atom. The maximum absolute atomic E-state index is 11.4. The average Bonchev–Trinajstić information content (AvgIpc) is 2.39. The van der Waals surface area contributed by atoms with Crippen molar-refractivity contribution >= 4 is 40.0 Å². The molecule has 1 fully saturated rings. The van der Waals surface area contributed by atoms with E-state index in [-0.39, 0.29) is 0 Å². The molecule has 0 unspecified atom stereocenters. The minimum Gasteiger partial charge on any atom is -0.490 e. The van der Waals surface area contributed by atoms with Gasteiger partial charge < -0.3 is 9.64 Å². The zero-order chi connectivity index (χ0) is 13.8. The van der Waals surface area contributed by atoms with Gasteiger partial charge in [-0.15, -0.1) is 0 Å². The van der Waals surface area contributed by atoms with Crippen LogP contribution < -0.4 is 9.64 Å². The number of aromatic nitrogens is 2. The van der Waals surface area contributed by atoms with E-state index in [4.69, 9.17) is 16.3 Å². The standard InChI is InChI=1S/C11H16ClN3O2S2/c1-3-18-11-13-9(12)8(17-2)10(14-11)15-4-6-19(16)7-5-15/h3-7H2,1-2H3. The maximum atomic E-state index is 11.4. The van der Waals surface area contributed by atoms with Gasteiger partial charge in [0.15, 0.2) is 21.9 Å². The Morgan fingerprint density at radius 1 is 1.42 bits per heavy atom. The van der Waals surface area contributed by atoms with Crippen molar-refractivity contribution in [2.45, 2.75) is 12.1 Å². The lowest BCUT2D eigenvalue weighted by atomic mass is 10.4. The van der Waals surface area contributed by atoms with Crippen LogP contribution in [0.15, 0.2) is 5.16 Å². The predicted octanol–water partition coefficient (Wildman–Crippen LogP) is 1.82. The molecule has 19 heavy (non-hydrogen) atoms. The second-order valence-electron chi connectivity index (χ2n) is 3.92. The van der Waals surface area contributed by atoms with Crippen LogP contribution in [-0.2, 0) is 10.8 Å². The smallest absolute Gasteiger partial charge is 0.199 e. The summed E-state index contributed by atoms with van der Waals surface area (Å²) in [5, 5.41) is 0.977. The van der Waals surface area contributed by atoms with Gasteiger partial charge >= 0.3 is 0 Å². The van der Waals surface area contributed by atoms with Crippen LogP contribution in [0.1, 0.15) is 6.92 Å². The normalized spacial score (nSPS) is 16.7. The number of rotatable bonds is 4. The second-order valence-corrected chi connectivity index (χ2v) is 7.21. The maximum Gasteiger partial charge on any atom is 0.199 e. The Hall–Kier alpha value is -0.530. The van der Waals surface area contributed by atoms with Gasteiger partial charge in [-0.1, -0.05) is 30.3 Å². The summed E-state index contributed by atoms with van der Waals surface area (Å²) in [6, 6.07) is 0. The zero-order valence-corrected chi connectivity index (χ0v) is 13.3. The summed E-state index contributed by atoms with van der Waals surface area (Å²) in [7, 11) is 0.837. The van der Waals surface area contributed by atoms with Crippen molar-refractivity contribution in [3.8, 4) is 5.75 Å². The van der Waals surface area contributed by atoms with E-state index in [1.165, 1.54) is 11.8 Å². The molecule has 106 valence electrons. The SMILES string of the molecule is CCSc1nc(Cl)c(OC)c(N2CCS(=O)CC2)n1. The van der Waals surface area contributed by atoms with Crippen molar-refractivity contribution < 1.29 is 8.95 Å². The fourth-order valence-corrected chi connectivity index (χ4v) is 3.74. The summed E-state index contributed by atoms with van der Waals surface area (Å²) in [4.78, 5) is 10.8. The van der Waals surface area contributed by atoms with Crippen molar-refractivity contribution in [2.24, 2.45) is 0 Å². The van der Waals surface area contributed by atoms with Gasteiger partial charge in [-0.3, -0.25) is 4.21 Å². The van der Waals surface area contributed by atoms with Crippen LogP contribution in [0.4, 0.5) is 5.82 Å². The molecule has 2 rings (SSSR count). The first-order chi connectivity index (χ1) is 9.15. The summed E-state index contributed by atoms with van der Waals surface area (Å²) in [6.45, 7) is 3.44. The summed E-state index contributed by atoms with van der Waals surface area (Å²) in [5.74, 6) is 3.39. The number of anilines is 1. The molecule has 1 aliphatic rings. The Balaban J connectivity index is 2.33. The molecule has 0 saturated carbocycles. The Kier molecular flexibility index (Phi) is 5.29. The van der Waals surface area contributed by atoms with Gasteiger partial charge in [-0.25, -0.2) is 9.97 Å². The van der Waals surface area contributed by atoms with Crippen LogP contribution in [0.2, 0.25) is 5.15 Å². The summed E-state index contributed by atoms with van der Waals surface area (Å²) >= 11 is 7.68. The lowest BCUT2D eigenvalue weighted by molar-refractivity contribution is 0.409. The van der Waals surface area contributed by atoms with Gasteiger partial charge in [-0.05, 0) is 5.75 Å². The first kappa shape index (κ1) is 14.9. The van der Waals surface area contributed by atoms with Crippen LogP contribution in [0, 0.1) is 0 Å². The molecule has 0 aromatic carbocycles. The lowest BCUT2D eigenvalue weighted by Crippen LogP contribution is -2.38. The van der Waals surface area contributed by atoms with E-state index in [2.05, 4.69) is 14.9 Å². The highest BCUT2D eigenvalue weighted by Crippen LogP contribution is 2.34. The minimum atomic E-state index is -0.721. The fourth-order valence-electron chi connectivity index (χ4n) is 1.83. The number of thioether (sulfide) groups is 1. The van der Waals surface area contributed by atoms with Crippen LogP contribution in [0.25, 0.3) is 0 Å². The molecule has 0 radical (unpaired) electrons. The molecule has 8 heteroatoms. The molecule has 5 nitrogen and oxygen atoms in total. The molecular weight excluding hydrogens is 306 g/mol. The summed E-state index contributed by atoms with van der Waals surface area (Å²) in [5.41, 5.74) is 0. The molecule has 0 aliphatic carbocycles. The minimum absolute atomic E-state index is 0.329. The van der Waals surface area contributed by atoms with Crippen LogP contribution >= 0.6 is 23.4 Å². The van der Waals surface area contributed by atoms with E-state index in [9.17, 15) is 4.21 Å². The van der Waals surface area contributed by atoms with E-state index >= 15 is 0 Å². The lowest BCUT2D eigenvalue weighted by Gasteiger charge is -2.28. The van der Waals surface area contributed by atoms with Gasteiger partial charge in [0.25, 0.3) is 0 Å². The van der Waals surface area contributed by atoms with Gasteiger partial charge in [-0.2, -0.15) is 0 Å². The molecule has 0 N–H and O–H groups in total. The van der Waals surface area contributed by atoms with Crippen molar-refractivity contribution in [3.63, 3.8) is 0 Å². The molecule has 2 heterocycles. The molecule has 0 atom stereocenters. The van der Waals surface area contributed by atoms with Crippen molar-refractivity contribution in [1.29, 1.82) is 0 Å². The van der Waals surface area contributed by atoms with E-state index < -0.39 is 10.8 Å². The summed E-state index contributed by atoms with van der Waals surface area (Å²) < 4.78 is 16.7. The van der Waals surface area contributed by atoms with Gasteiger partial charge in [0.2, 0.25) is 0 Å². The zero-order valence-electron chi connectivity index (χ0n) is 10.9. The second kappa shape index (κ2) is 6.76. The highest BCUT2D eigenvalue weighted by atomic mass is 35.5. The van der Waals surface area contributed by atoms with Crippen molar-refractivity contribution in [1.82, 2.24) is 9.97 Å². The third-order valence-corrected chi connectivity index (χ3v) is 5.00. The van der Waals surface area contributed by atoms with Crippen molar-refractivity contribution in [2.75, 3.05) is 42.4 Å². The highest BCUT2D eigenvalue weighted by molar-refractivity contribution is 7.99. The van der Waals surface area contributed by atoms with Crippen molar-refractivity contribution in [3.05, 3.63) is 5.15 Å². The number of hydrogen-bond donors (Lipinski definition) is 0. The monoisotopic (exact) mass is 321 g/mol. The number of ether oxygens (including phenoxy) is 1. The molecule has 1 aromatic rings. The van der Waals surface area contributed by atoms with Gasteiger partial charge in [0, 0.05) is 35.4 Å². The Bertz CT molecular complexity index is 477. The molecular formula is C11H16ClN3O2S2. The molecule has 1 aliphatic heterocycles. The Morgan fingerprint density at radius 2 is 2.11 bits per heavy atom. The number of methoxy groups -OCH3 is 1. The van der Waals surface area contributed by atoms with E-state index in [1.807, 2.05) is 6.92 Å². The fraction of sp³-hybridized carbons (Fsp3) is 0.636. The predicted molar refractivity (Wildman–Crippen MR) is 80.1 cm³/mol. The number of hydrogen-bond acceptors (Lipinski definition) is 6. The van der Waals surface area contributed by atoms with E-state index in [1.54, 1.807) is 7.11 Å². The average molecular weight is 322 g/mol. The van der Waals surface area contributed by atoms with E-state index in [0.717, 1.165) is 5.75 Å². The van der Waals surface area contributed by atoms with Gasteiger partial charge in [0.1, 0.15) is 0 Å². The molecule has 0 spiro atoms. The topological polar surface area (TPSA) is 55.3 Å².